The summed E-state index contributed by atoms with van der Waals surface area (Å²) in [5, 5.41) is 2.96. The molecule has 0 bridgehead atoms. The molecule has 0 aliphatic rings. The topological polar surface area (TPSA) is 64.3 Å². The lowest BCUT2D eigenvalue weighted by Gasteiger charge is -2.13. The van der Waals surface area contributed by atoms with Crippen molar-refractivity contribution in [2.75, 3.05) is 18.2 Å². The Hall–Kier alpha value is -3.27. The summed E-state index contributed by atoms with van der Waals surface area (Å²) >= 11 is 0. The zero-order valence-corrected chi connectivity index (χ0v) is 14.2. The summed E-state index contributed by atoms with van der Waals surface area (Å²) < 4.78 is 5.12. The van der Waals surface area contributed by atoms with Crippen molar-refractivity contribution in [3.63, 3.8) is 0 Å². The minimum Gasteiger partial charge on any atom is -0.497 e. The fourth-order valence-corrected chi connectivity index (χ4v) is 2.59. The number of carbonyl (C=O) groups is 1. The molecule has 4 nitrogen and oxygen atoms in total. The Morgan fingerprint density at radius 2 is 1.64 bits per heavy atom. The lowest BCUT2D eigenvalue weighted by molar-refractivity contribution is 0.102. The molecule has 0 fully saturated rings. The van der Waals surface area contributed by atoms with Crippen molar-refractivity contribution in [2.45, 2.75) is 6.92 Å². The summed E-state index contributed by atoms with van der Waals surface area (Å²) in [7, 11) is 1.59. The highest BCUT2D eigenvalue weighted by Gasteiger charge is 2.11. The number of nitrogens with two attached hydrogens (primary N) is 1. The maximum Gasteiger partial charge on any atom is 0.255 e. The zero-order chi connectivity index (χ0) is 17.8. The molecule has 0 atom stereocenters. The molecule has 3 rings (SSSR count). The highest BCUT2D eigenvalue weighted by Crippen LogP contribution is 2.30. The number of methoxy groups -OCH3 is 1. The molecule has 25 heavy (non-hydrogen) atoms. The van der Waals surface area contributed by atoms with Gasteiger partial charge in [-0.2, -0.15) is 0 Å². The highest BCUT2D eigenvalue weighted by molar-refractivity contribution is 6.06. The van der Waals surface area contributed by atoms with Crippen LogP contribution in [0, 0.1) is 6.92 Å². The molecule has 0 saturated carbocycles. The van der Waals surface area contributed by atoms with Crippen molar-refractivity contribution in [3.05, 3.63) is 77.9 Å². The molecular formula is C21H20N2O2. The molecule has 0 spiro atoms. The van der Waals surface area contributed by atoms with Gasteiger partial charge in [-0.1, -0.05) is 35.9 Å². The molecule has 0 heterocycles. The Bertz CT molecular complexity index is 885. The molecule has 0 saturated heterocycles. The van der Waals surface area contributed by atoms with Crippen LogP contribution in [-0.2, 0) is 0 Å². The summed E-state index contributed by atoms with van der Waals surface area (Å²) in [4.78, 5) is 12.6. The molecule has 0 aromatic heterocycles. The van der Waals surface area contributed by atoms with Crippen LogP contribution in [0.2, 0.25) is 0 Å². The number of hydrogen-bond donors (Lipinski definition) is 2. The maximum absolute atomic E-state index is 12.6. The minimum absolute atomic E-state index is 0.193. The van der Waals surface area contributed by atoms with Crippen LogP contribution in [0.15, 0.2) is 66.7 Å². The first-order valence-electron chi connectivity index (χ1n) is 7.99. The number of nitrogens with one attached hydrogen (secondary N) is 1. The second-order valence-corrected chi connectivity index (χ2v) is 5.85. The molecule has 0 unspecified atom stereocenters. The van der Waals surface area contributed by atoms with Crippen LogP contribution in [0.4, 0.5) is 11.4 Å². The van der Waals surface area contributed by atoms with Crippen LogP contribution in [-0.4, -0.2) is 13.0 Å². The summed E-state index contributed by atoms with van der Waals surface area (Å²) in [5.41, 5.74) is 10.9. The number of benzene rings is 3. The first-order chi connectivity index (χ1) is 12.1. The van der Waals surface area contributed by atoms with E-state index in [1.165, 1.54) is 5.56 Å². The number of aryl methyl sites for hydroxylation is 1. The van der Waals surface area contributed by atoms with Crippen molar-refractivity contribution < 1.29 is 9.53 Å². The smallest absolute Gasteiger partial charge is 0.255 e. The van der Waals surface area contributed by atoms with E-state index in [1.54, 1.807) is 37.4 Å². The van der Waals surface area contributed by atoms with Gasteiger partial charge in [-0.25, -0.2) is 0 Å². The van der Waals surface area contributed by atoms with E-state index in [4.69, 9.17) is 10.5 Å². The third-order valence-electron chi connectivity index (χ3n) is 4.01. The molecule has 3 N–H and O–H groups in total. The minimum atomic E-state index is -0.193. The second kappa shape index (κ2) is 7.09. The van der Waals surface area contributed by atoms with E-state index in [9.17, 15) is 4.79 Å². The molecule has 126 valence electrons. The van der Waals surface area contributed by atoms with Crippen LogP contribution in [0.3, 0.4) is 0 Å². The van der Waals surface area contributed by atoms with Crippen molar-refractivity contribution in [1.82, 2.24) is 0 Å². The monoisotopic (exact) mass is 332 g/mol. The van der Waals surface area contributed by atoms with Crippen molar-refractivity contribution >= 4 is 17.3 Å². The number of ether oxygens (including phenoxy) is 1. The Morgan fingerprint density at radius 1 is 0.960 bits per heavy atom. The van der Waals surface area contributed by atoms with Gasteiger partial charge in [0.2, 0.25) is 0 Å². The second-order valence-electron chi connectivity index (χ2n) is 5.85. The normalized spacial score (nSPS) is 10.3. The quantitative estimate of drug-likeness (QED) is 0.691. The van der Waals surface area contributed by atoms with E-state index in [-0.39, 0.29) is 5.91 Å². The SMILES string of the molecule is COc1ccc(C(=O)Nc2cc(N)ccc2-c2ccc(C)cc2)cc1. The standard InChI is InChI=1S/C21H20N2O2/c1-14-3-5-15(6-4-14)19-12-9-17(22)13-20(19)23-21(24)16-7-10-18(25-2)11-8-16/h3-13H,22H2,1-2H3,(H,23,24). The van der Waals surface area contributed by atoms with E-state index in [2.05, 4.69) is 5.32 Å². The third-order valence-corrected chi connectivity index (χ3v) is 4.01. The van der Waals surface area contributed by atoms with Gasteiger partial charge in [0.25, 0.3) is 5.91 Å². The number of hydrogen-bond acceptors (Lipinski definition) is 3. The van der Waals surface area contributed by atoms with Crippen LogP contribution in [0.5, 0.6) is 5.75 Å². The van der Waals surface area contributed by atoms with Gasteiger partial charge in [0.1, 0.15) is 5.75 Å². The molecule has 0 aliphatic carbocycles. The molecule has 1 amide bonds. The number of nitrogen functional groups attached to an aromatic ring is 1. The maximum atomic E-state index is 12.6. The van der Waals surface area contributed by atoms with Gasteiger partial charge >= 0.3 is 0 Å². The molecule has 4 heteroatoms. The third kappa shape index (κ3) is 3.80. The van der Waals surface area contributed by atoms with E-state index in [1.807, 2.05) is 43.3 Å². The molecular weight excluding hydrogens is 312 g/mol. The lowest BCUT2D eigenvalue weighted by Crippen LogP contribution is -2.12. The molecule has 0 aliphatic heterocycles. The largest absolute Gasteiger partial charge is 0.497 e. The summed E-state index contributed by atoms with van der Waals surface area (Å²) in [6.07, 6.45) is 0. The summed E-state index contributed by atoms with van der Waals surface area (Å²) in [5.74, 6) is 0.516. The predicted octanol–water partition coefficient (Wildman–Crippen LogP) is 4.51. The summed E-state index contributed by atoms with van der Waals surface area (Å²) in [6, 6.07) is 20.6. The van der Waals surface area contributed by atoms with E-state index >= 15 is 0 Å². The first-order valence-corrected chi connectivity index (χ1v) is 7.99. The number of carbonyl (C=O) groups excluding carboxylic acids is 1. The Labute approximate surface area is 147 Å². The number of amides is 1. The van der Waals surface area contributed by atoms with Crippen LogP contribution < -0.4 is 15.8 Å². The Balaban J connectivity index is 1.91. The van der Waals surface area contributed by atoms with Gasteiger partial charge in [0.15, 0.2) is 0 Å². The lowest BCUT2D eigenvalue weighted by atomic mass is 10.0. The number of rotatable bonds is 4. The van der Waals surface area contributed by atoms with E-state index in [0.29, 0.717) is 22.7 Å². The predicted molar refractivity (Wildman–Crippen MR) is 102 cm³/mol. The fraction of sp³-hybridized carbons (Fsp3) is 0.0952. The molecule has 3 aromatic rings. The summed E-state index contributed by atoms with van der Waals surface area (Å²) in [6.45, 7) is 2.04. The van der Waals surface area contributed by atoms with Crippen LogP contribution in [0.1, 0.15) is 15.9 Å². The average molecular weight is 332 g/mol. The highest BCUT2D eigenvalue weighted by atomic mass is 16.5. The van der Waals surface area contributed by atoms with Gasteiger partial charge in [-0.05, 0) is 48.9 Å². The zero-order valence-electron chi connectivity index (χ0n) is 14.2. The molecule has 0 radical (unpaired) electrons. The average Bonchev–Trinajstić information content (AvgIpc) is 2.63. The van der Waals surface area contributed by atoms with Crippen molar-refractivity contribution in [1.29, 1.82) is 0 Å². The Morgan fingerprint density at radius 3 is 2.28 bits per heavy atom. The van der Waals surface area contributed by atoms with Gasteiger partial charge in [-0.3, -0.25) is 4.79 Å². The van der Waals surface area contributed by atoms with Crippen molar-refractivity contribution in [2.24, 2.45) is 0 Å². The van der Waals surface area contributed by atoms with Gasteiger partial charge in [0.05, 0.1) is 12.8 Å². The van der Waals surface area contributed by atoms with E-state index < -0.39 is 0 Å². The van der Waals surface area contributed by atoms with E-state index in [0.717, 1.165) is 11.1 Å². The first kappa shape index (κ1) is 16.6. The van der Waals surface area contributed by atoms with Gasteiger partial charge in [-0.15, -0.1) is 0 Å². The van der Waals surface area contributed by atoms with Crippen molar-refractivity contribution in [3.8, 4) is 16.9 Å². The Kier molecular flexibility index (Phi) is 4.70. The molecule has 3 aromatic carbocycles. The van der Waals surface area contributed by atoms with Gasteiger partial charge < -0.3 is 15.8 Å². The van der Waals surface area contributed by atoms with Crippen LogP contribution >= 0.6 is 0 Å². The van der Waals surface area contributed by atoms with Gasteiger partial charge in [0, 0.05) is 16.8 Å². The van der Waals surface area contributed by atoms with Crippen LogP contribution in [0.25, 0.3) is 11.1 Å². The fourth-order valence-electron chi connectivity index (χ4n) is 2.59. The number of anilines is 2.